The molecule has 8 nitrogen and oxygen atoms in total. The normalized spacial score (nSPS) is 11.7. The fourth-order valence-corrected chi connectivity index (χ4v) is 2.00. The van der Waals surface area contributed by atoms with Gasteiger partial charge >= 0.3 is 12.0 Å². The number of carbonyl (C=O) groups is 3. The Bertz CT molecular complexity index is 689. The lowest BCUT2D eigenvalue weighted by Crippen LogP contribution is -2.50. The van der Waals surface area contributed by atoms with E-state index in [2.05, 4.69) is 5.32 Å². The van der Waals surface area contributed by atoms with Gasteiger partial charge in [-0.15, -0.1) is 0 Å². The quantitative estimate of drug-likeness (QED) is 0.481. The number of anilines is 1. The maximum absolute atomic E-state index is 13.5. The number of rotatable bonds is 6. The fraction of sp³-hybridized carbons (Fsp3) is 0.438. The van der Waals surface area contributed by atoms with Gasteiger partial charge in [-0.3, -0.25) is 4.79 Å². The predicted octanol–water partition coefficient (Wildman–Crippen LogP) is 0.531. The molecule has 0 aliphatic carbocycles. The first-order chi connectivity index (χ1) is 12.2. The molecule has 1 unspecified atom stereocenters. The molecule has 0 saturated heterocycles. The summed E-state index contributed by atoms with van der Waals surface area (Å²) in [6, 6.07) is -0.0794. The van der Waals surface area contributed by atoms with Gasteiger partial charge in [-0.05, 0) is 19.1 Å². The monoisotopic (exact) mass is 393 g/mol. The van der Waals surface area contributed by atoms with E-state index in [1.165, 1.54) is 0 Å². The van der Waals surface area contributed by atoms with Gasteiger partial charge < -0.3 is 30.1 Å². The highest BCUT2D eigenvalue weighted by Gasteiger charge is 2.23. The highest BCUT2D eigenvalue weighted by Crippen LogP contribution is 2.19. The summed E-state index contributed by atoms with van der Waals surface area (Å²) in [5, 5.41) is 22.2. The van der Waals surface area contributed by atoms with Crippen LogP contribution in [-0.2, 0) is 9.59 Å². The van der Waals surface area contributed by atoms with Gasteiger partial charge in [0, 0.05) is 5.97 Å². The largest absolute Gasteiger partial charge is 0.550 e. The molecule has 0 fully saturated rings. The lowest BCUT2D eigenvalue weighted by Gasteiger charge is -2.29. The second-order valence-electron chi connectivity index (χ2n) is 6.58. The van der Waals surface area contributed by atoms with E-state index < -0.39 is 47.2 Å². The maximum Gasteiger partial charge on any atom is 0.319 e. The molecule has 1 atom stereocenters. The minimum Gasteiger partial charge on any atom is -0.550 e. The number of amides is 2. The van der Waals surface area contributed by atoms with Crippen LogP contribution >= 0.6 is 0 Å². The zero-order valence-electron chi connectivity index (χ0n) is 15.3. The summed E-state index contributed by atoms with van der Waals surface area (Å²) in [7, 11) is 5.43. The van der Waals surface area contributed by atoms with Crippen molar-refractivity contribution in [1.29, 1.82) is 0 Å². The van der Waals surface area contributed by atoms with Gasteiger partial charge in [-0.2, -0.15) is 0 Å². The Morgan fingerprint density at radius 1 is 1.15 bits per heavy atom. The summed E-state index contributed by atoms with van der Waals surface area (Å²) >= 11 is 0. The Morgan fingerprint density at radius 2 is 1.67 bits per heavy atom. The molecule has 0 heterocycles. The van der Waals surface area contributed by atoms with E-state index in [9.17, 15) is 22.8 Å². The van der Waals surface area contributed by atoms with Crippen molar-refractivity contribution in [3.05, 3.63) is 29.6 Å². The van der Waals surface area contributed by atoms with Crippen molar-refractivity contribution in [2.45, 2.75) is 19.4 Å². The lowest BCUT2D eigenvalue weighted by atomic mass is 10.2. The third-order valence-corrected chi connectivity index (χ3v) is 2.81. The lowest BCUT2D eigenvalue weighted by molar-refractivity contribution is -0.871. The Kier molecular flexibility index (Phi) is 9.28. The van der Waals surface area contributed by atoms with E-state index in [0.29, 0.717) is 17.1 Å². The highest BCUT2D eigenvalue weighted by atomic mass is 19.2. The van der Waals surface area contributed by atoms with Crippen LogP contribution in [0.25, 0.3) is 0 Å². The number of carbonyl (C=O) groups excluding carboxylic acids is 2. The summed E-state index contributed by atoms with van der Waals surface area (Å²) < 4.78 is 39.8. The number of halogens is 3. The average molecular weight is 393 g/mol. The van der Waals surface area contributed by atoms with Crippen molar-refractivity contribution in [2.75, 3.05) is 33.0 Å². The van der Waals surface area contributed by atoms with Gasteiger partial charge in [0.1, 0.15) is 0 Å². The first kappa shape index (κ1) is 24.2. The number of hydrogen-bond donors (Lipinski definition) is 3. The molecule has 0 radical (unpaired) electrons. The summed E-state index contributed by atoms with van der Waals surface area (Å²) in [6.07, 6.45) is -0.330. The van der Waals surface area contributed by atoms with Crippen LogP contribution in [0.15, 0.2) is 12.1 Å². The molecule has 3 N–H and O–H groups in total. The van der Waals surface area contributed by atoms with E-state index in [4.69, 9.17) is 15.0 Å². The van der Waals surface area contributed by atoms with Crippen LogP contribution in [0.3, 0.4) is 0 Å². The van der Waals surface area contributed by atoms with Gasteiger partial charge in [0.2, 0.25) is 0 Å². The number of likely N-dealkylation sites (N-methyl/N-ethyl adjacent to an activating group) is 1. The van der Waals surface area contributed by atoms with Crippen LogP contribution < -0.4 is 15.7 Å². The van der Waals surface area contributed by atoms with Crippen molar-refractivity contribution < 1.29 is 42.3 Å². The smallest absolute Gasteiger partial charge is 0.319 e. The summed E-state index contributed by atoms with van der Waals surface area (Å²) in [5.74, 6) is -6.79. The molecule has 1 aromatic carbocycles. The van der Waals surface area contributed by atoms with Gasteiger partial charge in [0.15, 0.2) is 17.5 Å². The van der Waals surface area contributed by atoms with Crippen LogP contribution in [0.5, 0.6) is 0 Å². The summed E-state index contributed by atoms with van der Waals surface area (Å²) in [5.41, 5.74) is -0.541. The van der Waals surface area contributed by atoms with E-state index in [-0.39, 0.29) is 6.42 Å². The second kappa shape index (κ2) is 10.4. The number of benzene rings is 1. The zero-order chi connectivity index (χ0) is 21.4. The molecule has 0 aliphatic rings. The Balaban J connectivity index is 0.00000153. The van der Waals surface area contributed by atoms with Gasteiger partial charge in [-0.25, -0.2) is 18.0 Å². The van der Waals surface area contributed by atoms with Gasteiger partial charge in [0.25, 0.3) is 0 Å². The number of carboxylic acid groups (broad SMARTS) is 2. The molecule has 0 aliphatic heterocycles. The molecular formula is C16H22F3N3O5. The molecule has 2 amide bonds. The number of carboxylic acids is 2. The number of nitrogens with zero attached hydrogens (tertiary/aromatic N) is 1. The van der Waals surface area contributed by atoms with Crippen molar-refractivity contribution in [1.82, 2.24) is 5.32 Å². The molecule has 0 spiro atoms. The highest BCUT2D eigenvalue weighted by molar-refractivity contribution is 5.89. The topological polar surface area (TPSA) is 119 Å². The molecule has 0 bridgehead atoms. The van der Waals surface area contributed by atoms with E-state index >= 15 is 0 Å². The Morgan fingerprint density at radius 3 is 2.11 bits per heavy atom. The summed E-state index contributed by atoms with van der Waals surface area (Å²) in [6.45, 7) is 1.28. The number of hydrogen-bond acceptors (Lipinski definition) is 4. The molecular weight excluding hydrogens is 371 g/mol. The minimum absolute atomic E-state index is 0.306. The number of quaternary nitrogens is 1. The molecule has 0 aromatic heterocycles. The van der Waals surface area contributed by atoms with E-state index in [1.807, 2.05) is 26.5 Å². The van der Waals surface area contributed by atoms with Crippen molar-refractivity contribution in [2.24, 2.45) is 0 Å². The van der Waals surface area contributed by atoms with Gasteiger partial charge in [0.05, 0.1) is 45.8 Å². The summed E-state index contributed by atoms with van der Waals surface area (Å²) in [4.78, 5) is 31.6. The maximum atomic E-state index is 13.5. The van der Waals surface area contributed by atoms with E-state index in [0.717, 1.165) is 13.0 Å². The van der Waals surface area contributed by atoms with Crippen LogP contribution in [0.4, 0.5) is 23.7 Å². The van der Waals surface area contributed by atoms with Crippen LogP contribution in [0, 0.1) is 17.5 Å². The standard InChI is InChI=1S/C14H18F3N3O3.C2H4O2/c1-20(2,3)7-8(6-11(21)22)18-14(23)19-10-5-4-9(15)12(16)13(10)17;1-2(3)4/h4-5,8H,6-7H2,1-3H3,(H2-,18,19,21,22,23);1H3,(H,3,4). The first-order valence-corrected chi connectivity index (χ1v) is 7.63. The molecule has 1 aromatic rings. The first-order valence-electron chi connectivity index (χ1n) is 7.63. The van der Waals surface area contributed by atoms with E-state index in [1.54, 1.807) is 0 Å². The van der Waals surface area contributed by atoms with Crippen molar-refractivity contribution >= 4 is 23.7 Å². The van der Waals surface area contributed by atoms with Crippen LogP contribution in [0.1, 0.15) is 13.3 Å². The second-order valence-corrected chi connectivity index (χ2v) is 6.58. The van der Waals surface area contributed by atoms with Crippen molar-refractivity contribution in [3.8, 4) is 0 Å². The fourth-order valence-electron chi connectivity index (χ4n) is 2.00. The Labute approximate surface area is 154 Å². The number of urea groups is 1. The van der Waals surface area contributed by atoms with Crippen LogP contribution in [-0.4, -0.2) is 61.3 Å². The number of aliphatic carboxylic acids is 2. The Hall–Kier alpha value is -2.82. The SMILES string of the molecule is CC(=O)[O-].C[N+](C)(C)CC(CC(=O)O)NC(=O)Nc1ccc(F)c(F)c1F. The third kappa shape index (κ3) is 10.7. The minimum atomic E-state index is -1.70. The molecule has 27 heavy (non-hydrogen) atoms. The average Bonchev–Trinajstić information content (AvgIpc) is 2.44. The predicted molar refractivity (Wildman–Crippen MR) is 88.1 cm³/mol. The van der Waals surface area contributed by atoms with Gasteiger partial charge in [-0.1, -0.05) is 0 Å². The molecule has 1 rings (SSSR count). The number of nitrogens with one attached hydrogen (secondary N) is 2. The van der Waals surface area contributed by atoms with Crippen molar-refractivity contribution in [3.63, 3.8) is 0 Å². The van der Waals surface area contributed by atoms with Crippen LogP contribution in [0.2, 0.25) is 0 Å². The molecule has 0 saturated carbocycles. The molecule has 152 valence electrons. The molecule has 11 heteroatoms. The third-order valence-electron chi connectivity index (χ3n) is 2.81. The zero-order valence-corrected chi connectivity index (χ0v) is 15.3.